The van der Waals surface area contributed by atoms with Crippen LogP contribution in [0.5, 0.6) is 0 Å². The van der Waals surface area contributed by atoms with E-state index in [0.29, 0.717) is 0 Å². The molecule has 23 heavy (non-hydrogen) atoms. The van der Waals surface area contributed by atoms with E-state index in [2.05, 4.69) is 5.32 Å². The summed E-state index contributed by atoms with van der Waals surface area (Å²) >= 11 is 0. The molecule has 1 amide bonds. The van der Waals surface area contributed by atoms with Gasteiger partial charge in [0.1, 0.15) is 6.61 Å². The van der Waals surface area contributed by atoms with Crippen molar-refractivity contribution in [3.05, 3.63) is 23.8 Å². The van der Waals surface area contributed by atoms with Gasteiger partial charge >= 0.3 is 12.1 Å². The summed E-state index contributed by atoms with van der Waals surface area (Å²) in [6, 6.07) is 0. The van der Waals surface area contributed by atoms with Crippen molar-refractivity contribution in [3.63, 3.8) is 0 Å². The van der Waals surface area contributed by atoms with Crippen LogP contribution in [0.3, 0.4) is 0 Å². The van der Waals surface area contributed by atoms with Gasteiger partial charge in [-0.2, -0.15) is 0 Å². The summed E-state index contributed by atoms with van der Waals surface area (Å²) in [4.78, 5) is 45.7. The lowest BCUT2D eigenvalue weighted by molar-refractivity contribution is -0.157. The van der Waals surface area contributed by atoms with Crippen LogP contribution in [0, 0.1) is 0 Å². The Labute approximate surface area is 134 Å². The molecule has 0 saturated heterocycles. The first-order chi connectivity index (χ1) is 11.0. The highest BCUT2D eigenvalue weighted by atomic mass is 16.6. The molecule has 0 unspecified atom stereocenters. The van der Waals surface area contributed by atoms with Gasteiger partial charge in [-0.25, -0.2) is 4.79 Å². The fourth-order valence-electron chi connectivity index (χ4n) is 1.92. The minimum atomic E-state index is -1.27. The summed E-state index contributed by atoms with van der Waals surface area (Å²) in [5, 5.41) is 2.40. The Morgan fingerprint density at radius 1 is 1.22 bits per heavy atom. The monoisotopic (exact) mass is 323 g/mol. The molecule has 0 radical (unpaired) electrons. The molecule has 1 fully saturated rings. The quantitative estimate of drug-likeness (QED) is 0.433. The average molecular weight is 323 g/mol. The van der Waals surface area contributed by atoms with Crippen LogP contribution >= 0.6 is 0 Å². The number of rotatable bonds is 7. The predicted octanol–water partition coefficient (Wildman–Crippen LogP) is 1.47. The zero-order valence-corrected chi connectivity index (χ0v) is 13.3. The maximum atomic E-state index is 11.5. The Balaban J connectivity index is 2.23. The first-order valence-corrected chi connectivity index (χ1v) is 7.41. The van der Waals surface area contributed by atoms with E-state index in [1.165, 1.54) is 0 Å². The normalized spacial score (nSPS) is 16.0. The van der Waals surface area contributed by atoms with Crippen molar-refractivity contribution in [1.29, 1.82) is 0 Å². The predicted molar refractivity (Wildman–Crippen MR) is 81.7 cm³/mol. The SMILES string of the molecule is CC=CC(=CC)COC(=O)NCCC(=O)OC1C(=O)CCC1=O. The van der Waals surface area contributed by atoms with E-state index in [1.807, 2.05) is 32.1 Å². The van der Waals surface area contributed by atoms with Crippen molar-refractivity contribution in [2.45, 2.75) is 39.2 Å². The Morgan fingerprint density at radius 3 is 2.43 bits per heavy atom. The molecule has 126 valence electrons. The fraction of sp³-hybridized carbons (Fsp3) is 0.500. The van der Waals surface area contributed by atoms with Gasteiger partial charge in [-0.3, -0.25) is 14.4 Å². The van der Waals surface area contributed by atoms with Gasteiger partial charge in [-0.1, -0.05) is 18.2 Å². The second-order valence-electron chi connectivity index (χ2n) is 4.92. The average Bonchev–Trinajstić information content (AvgIpc) is 2.83. The van der Waals surface area contributed by atoms with E-state index in [1.54, 1.807) is 0 Å². The van der Waals surface area contributed by atoms with Crippen molar-refractivity contribution >= 4 is 23.6 Å². The van der Waals surface area contributed by atoms with Crippen LogP contribution in [0.15, 0.2) is 23.8 Å². The van der Waals surface area contributed by atoms with Crippen LogP contribution in [0.25, 0.3) is 0 Å². The zero-order chi connectivity index (χ0) is 17.2. The number of nitrogens with one attached hydrogen (secondary N) is 1. The first kappa shape index (κ1) is 18.6. The number of Topliss-reactive ketones (excluding diaryl/α,β-unsaturated/α-hetero) is 2. The lowest BCUT2D eigenvalue weighted by Crippen LogP contribution is -2.31. The smallest absolute Gasteiger partial charge is 0.407 e. The Bertz CT molecular complexity index is 519. The van der Waals surface area contributed by atoms with Crippen molar-refractivity contribution < 1.29 is 28.7 Å². The second-order valence-corrected chi connectivity index (χ2v) is 4.92. The topological polar surface area (TPSA) is 98.8 Å². The molecule has 0 heterocycles. The maximum Gasteiger partial charge on any atom is 0.407 e. The molecule has 0 bridgehead atoms. The lowest BCUT2D eigenvalue weighted by atomic mass is 10.2. The molecule has 0 aromatic heterocycles. The molecule has 0 atom stereocenters. The molecule has 1 saturated carbocycles. The minimum absolute atomic E-state index is 0.00154. The van der Waals surface area contributed by atoms with Crippen molar-refractivity contribution in [2.24, 2.45) is 0 Å². The van der Waals surface area contributed by atoms with Crippen molar-refractivity contribution in [1.82, 2.24) is 5.32 Å². The fourth-order valence-corrected chi connectivity index (χ4v) is 1.92. The number of carbonyl (C=O) groups is 4. The summed E-state index contributed by atoms with van der Waals surface area (Å²) < 4.78 is 9.78. The number of ketones is 2. The van der Waals surface area contributed by atoms with Gasteiger partial charge in [0, 0.05) is 19.4 Å². The van der Waals surface area contributed by atoms with Crippen LogP contribution < -0.4 is 5.32 Å². The van der Waals surface area contributed by atoms with Gasteiger partial charge in [0.25, 0.3) is 0 Å². The van der Waals surface area contributed by atoms with Gasteiger partial charge in [-0.15, -0.1) is 0 Å². The van der Waals surface area contributed by atoms with Crippen LogP contribution in [0.2, 0.25) is 0 Å². The lowest BCUT2D eigenvalue weighted by Gasteiger charge is -2.10. The van der Waals surface area contributed by atoms with Crippen LogP contribution in [0.4, 0.5) is 4.79 Å². The summed E-state index contributed by atoms with van der Waals surface area (Å²) in [6.07, 6.45) is 3.62. The number of ether oxygens (including phenoxy) is 2. The van der Waals surface area contributed by atoms with E-state index in [0.717, 1.165) is 5.57 Å². The standard InChI is InChI=1S/C16H21NO6/c1-3-5-11(4-2)10-22-16(21)17-9-8-14(20)23-15-12(18)6-7-13(15)19/h3-5,15H,6-10H2,1-2H3,(H,17,21). The van der Waals surface area contributed by atoms with E-state index in [9.17, 15) is 19.2 Å². The Hall–Kier alpha value is -2.44. The molecule has 0 spiro atoms. The molecule has 7 nitrogen and oxygen atoms in total. The van der Waals surface area contributed by atoms with E-state index < -0.39 is 18.2 Å². The number of allylic oxidation sites excluding steroid dienone is 2. The van der Waals surface area contributed by atoms with Crippen molar-refractivity contribution in [3.8, 4) is 0 Å². The van der Waals surface area contributed by atoms with Gasteiger partial charge < -0.3 is 14.8 Å². The summed E-state index contributed by atoms with van der Waals surface area (Å²) in [5.74, 6) is -1.46. The molecule has 1 rings (SSSR count). The minimum Gasteiger partial charge on any atom is -0.446 e. The van der Waals surface area contributed by atoms with E-state index >= 15 is 0 Å². The third-order valence-corrected chi connectivity index (χ3v) is 3.17. The van der Waals surface area contributed by atoms with Gasteiger partial charge in [0.15, 0.2) is 11.6 Å². The molecular formula is C16H21NO6. The Kier molecular flexibility index (Phi) is 7.73. The number of hydrogen-bond acceptors (Lipinski definition) is 6. The first-order valence-electron chi connectivity index (χ1n) is 7.41. The summed E-state index contributed by atoms with van der Waals surface area (Å²) in [5.41, 5.74) is 0.848. The highest BCUT2D eigenvalue weighted by Crippen LogP contribution is 2.14. The maximum absolute atomic E-state index is 11.5. The summed E-state index contributed by atoms with van der Waals surface area (Å²) in [6.45, 7) is 3.82. The molecule has 0 aromatic carbocycles. The molecule has 1 N–H and O–H groups in total. The van der Waals surface area contributed by atoms with Crippen molar-refractivity contribution in [2.75, 3.05) is 13.2 Å². The van der Waals surface area contributed by atoms with Gasteiger partial charge in [-0.05, 0) is 19.4 Å². The van der Waals surface area contributed by atoms with Crippen LogP contribution in [-0.4, -0.2) is 42.9 Å². The van der Waals surface area contributed by atoms with Gasteiger partial charge in [0.05, 0.1) is 6.42 Å². The van der Waals surface area contributed by atoms with Gasteiger partial charge in [0.2, 0.25) is 6.10 Å². The molecule has 0 aliphatic heterocycles. The second kappa shape index (κ2) is 9.55. The largest absolute Gasteiger partial charge is 0.446 e. The number of hydrogen-bond donors (Lipinski definition) is 1. The number of amides is 1. The number of carbonyl (C=O) groups excluding carboxylic acids is 4. The molecule has 1 aliphatic carbocycles. The van der Waals surface area contributed by atoms with E-state index in [-0.39, 0.29) is 44.0 Å². The molecule has 1 aliphatic rings. The highest BCUT2D eigenvalue weighted by Gasteiger charge is 2.35. The van der Waals surface area contributed by atoms with Crippen LogP contribution in [-0.2, 0) is 23.9 Å². The Morgan fingerprint density at radius 2 is 1.87 bits per heavy atom. The molecule has 7 heteroatoms. The third-order valence-electron chi connectivity index (χ3n) is 3.17. The number of alkyl carbamates (subject to hydrolysis) is 1. The molecule has 0 aromatic rings. The number of esters is 1. The summed E-state index contributed by atoms with van der Waals surface area (Å²) in [7, 11) is 0. The van der Waals surface area contributed by atoms with Crippen LogP contribution in [0.1, 0.15) is 33.1 Å². The highest BCUT2D eigenvalue weighted by molar-refractivity contribution is 6.12. The third kappa shape index (κ3) is 6.46. The molecular weight excluding hydrogens is 302 g/mol. The van der Waals surface area contributed by atoms with E-state index in [4.69, 9.17) is 9.47 Å². The zero-order valence-electron chi connectivity index (χ0n) is 13.3.